The molecule has 1 aromatic heterocycles. The Morgan fingerprint density at radius 1 is 1.30 bits per heavy atom. The Morgan fingerprint density at radius 3 is 2.50 bits per heavy atom. The smallest absolute Gasteiger partial charge is 0.0909 e. The summed E-state index contributed by atoms with van der Waals surface area (Å²) in [5.41, 5.74) is 0.750. The molecular formula is C15H25ClN2O2. The van der Waals surface area contributed by atoms with E-state index < -0.39 is 11.7 Å². The maximum Gasteiger partial charge on any atom is 0.0909 e. The third-order valence-electron chi connectivity index (χ3n) is 4.42. The number of rotatable bonds is 5. The van der Waals surface area contributed by atoms with E-state index in [4.69, 9.17) is 11.6 Å². The molecule has 1 fully saturated rings. The molecule has 114 valence electrons. The third-order valence-corrected chi connectivity index (χ3v) is 4.86. The fourth-order valence-electron chi connectivity index (χ4n) is 3.08. The molecule has 0 aromatic carbocycles. The van der Waals surface area contributed by atoms with Gasteiger partial charge in [-0.25, -0.2) is 0 Å². The average molecular weight is 301 g/mol. The molecule has 0 saturated heterocycles. The lowest BCUT2D eigenvalue weighted by molar-refractivity contribution is -0.0966. The normalized spacial score (nSPS) is 20.1. The van der Waals surface area contributed by atoms with Crippen LogP contribution >= 0.6 is 11.6 Å². The van der Waals surface area contributed by atoms with Crippen LogP contribution in [0.4, 0.5) is 0 Å². The Bertz CT molecular complexity index is 453. The largest absolute Gasteiger partial charge is 0.390 e. The van der Waals surface area contributed by atoms with Crippen LogP contribution in [0.2, 0.25) is 5.02 Å². The van der Waals surface area contributed by atoms with E-state index in [2.05, 4.69) is 5.10 Å². The number of aromatic nitrogens is 2. The summed E-state index contributed by atoms with van der Waals surface area (Å²) in [5.74, 6) is 0. The zero-order valence-corrected chi connectivity index (χ0v) is 13.2. The summed E-state index contributed by atoms with van der Waals surface area (Å²) in [6, 6.07) is 0. The van der Waals surface area contributed by atoms with Crippen LogP contribution < -0.4 is 0 Å². The summed E-state index contributed by atoms with van der Waals surface area (Å²) in [7, 11) is 0. The van der Waals surface area contributed by atoms with Gasteiger partial charge in [0.25, 0.3) is 0 Å². The molecule has 1 aromatic rings. The molecule has 2 N–H and O–H groups in total. The van der Waals surface area contributed by atoms with Gasteiger partial charge in [-0.15, -0.1) is 0 Å². The van der Waals surface area contributed by atoms with E-state index in [0.29, 0.717) is 24.3 Å². The maximum atomic E-state index is 10.6. The fraction of sp³-hybridized carbons (Fsp3) is 0.800. The van der Waals surface area contributed by atoms with Crippen molar-refractivity contribution in [1.29, 1.82) is 0 Å². The van der Waals surface area contributed by atoms with E-state index in [1.165, 1.54) is 0 Å². The van der Waals surface area contributed by atoms with Crippen molar-refractivity contribution in [3.8, 4) is 0 Å². The van der Waals surface area contributed by atoms with E-state index in [1.807, 2.05) is 18.5 Å². The molecule has 0 bridgehead atoms. The molecule has 0 spiro atoms. The summed E-state index contributed by atoms with van der Waals surface area (Å²) < 4.78 is 1.84. The van der Waals surface area contributed by atoms with Crippen molar-refractivity contribution in [2.75, 3.05) is 0 Å². The van der Waals surface area contributed by atoms with Crippen molar-refractivity contribution in [3.63, 3.8) is 0 Å². The Hall–Kier alpha value is -0.580. The number of aliphatic hydroxyl groups is 2. The molecule has 1 unspecified atom stereocenters. The Balaban J connectivity index is 2.18. The Morgan fingerprint density at radius 2 is 1.95 bits per heavy atom. The summed E-state index contributed by atoms with van der Waals surface area (Å²) in [6.07, 6.45) is 4.83. The number of aryl methyl sites for hydroxylation is 2. The molecular weight excluding hydrogens is 276 g/mol. The van der Waals surface area contributed by atoms with Crippen molar-refractivity contribution >= 4 is 11.6 Å². The minimum atomic E-state index is -0.962. The van der Waals surface area contributed by atoms with Gasteiger partial charge in [0, 0.05) is 13.0 Å². The minimum absolute atomic E-state index is 0.371. The quantitative estimate of drug-likeness (QED) is 0.879. The predicted octanol–water partition coefficient (Wildman–Crippen LogP) is 2.72. The van der Waals surface area contributed by atoms with E-state index in [-0.39, 0.29) is 0 Å². The zero-order valence-electron chi connectivity index (χ0n) is 12.4. The minimum Gasteiger partial charge on any atom is -0.390 e. The zero-order chi connectivity index (χ0) is 14.8. The maximum absolute atomic E-state index is 10.6. The van der Waals surface area contributed by atoms with Gasteiger partial charge in [0.1, 0.15) is 0 Å². The van der Waals surface area contributed by atoms with Gasteiger partial charge in [-0.3, -0.25) is 4.68 Å². The molecule has 0 aliphatic heterocycles. The van der Waals surface area contributed by atoms with Gasteiger partial charge < -0.3 is 10.2 Å². The van der Waals surface area contributed by atoms with E-state index in [1.54, 1.807) is 0 Å². The number of hydrogen-bond acceptors (Lipinski definition) is 3. The fourth-order valence-corrected chi connectivity index (χ4v) is 3.43. The van der Waals surface area contributed by atoms with Crippen LogP contribution in [-0.4, -0.2) is 31.7 Å². The number of nitrogens with zero attached hydrogens (tertiary/aromatic N) is 2. The van der Waals surface area contributed by atoms with Crippen molar-refractivity contribution in [3.05, 3.63) is 16.4 Å². The lowest BCUT2D eigenvalue weighted by Gasteiger charge is -2.36. The van der Waals surface area contributed by atoms with Crippen molar-refractivity contribution in [2.24, 2.45) is 0 Å². The second-order valence-corrected chi connectivity index (χ2v) is 6.14. The van der Waals surface area contributed by atoms with E-state index in [0.717, 1.165) is 43.6 Å². The highest BCUT2D eigenvalue weighted by Crippen LogP contribution is 2.33. The molecule has 0 amide bonds. The first kappa shape index (κ1) is 15.8. The van der Waals surface area contributed by atoms with Crippen LogP contribution in [0, 0.1) is 0 Å². The lowest BCUT2D eigenvalue weighted by Crippen LogP contribution is -2.45. The van der Waals surface area contributed by atoms with Crippen LogP contribution in [0.1, 0.15) is 57.3 Å². The third kappa shape index (κ3) is 3.02. The van der Waals surface area contributed by atoms with Crippen LogP contribution in [0.25, 0.3) is 0 Å². The average Bonchev–Trinajstić information content (AvgIpc) is 2.76. The highest BCUT2D eigenvalue weighted by Gasteiger charge is 2.37. The first-order chi connectivity index (χ1) is 9.51. The van der Waals surface area contributed by atoms with Gasteiger partial charge in [-0.1, -0.05) is 37.8 Å². The second-order valence-electron chi connectivity index (χ2n) is 5.76. The first-order valence-corrected chi connectivity index (χ1v) is 8.04. The monoisotopic (exact) mass is 300 g/mol. The van der Waals surface area contributed by atoms with Crippen molar-refractivity contribution in [1.82, 2.24) is 9.78 Å². The van der Waals surface area contributed by atoms with E-state index >= 15 is 0 Å². The molecule has 1 heterocycles. The van der Waals surface area contributed by atoms with Gasteiger partial charge in [0.15, 0.2) is 0 Å². The van der Waals surface area contributed by atoms with Crippen LogP contribution in [-0.2, 0) is 19.4 Å². The summed E-state index contributed by atoms with van der Waals surface area (Å²) in [6.45, 7) is 4.75. The van der Waals surface area contributed by atoms with Gasteiger partial charge in [-0.05, 0) is 26.2 Å². The molecule has 20 heavy (non-hydrogen) atoms. The van der Waals surface area contributed by atoms with Crippen molar-refractivity contribution in [2.45, 2.75) is 77.0 Å². The molecule has 4 nitrogen and oxygen atoms in total. The van der Waals surface area contributed by atoms with Crippen molar-refractivity contribution < 1.29 is 10.2 Å². The predicted molar refractivity (Wildman–Crippen MR) is 80.0 cm³/mol. The second kappa shape index (κ2) is 6.46. The van der Waals surface area contributed by atoms with E-state index in [9.17, 15) is 10.2 Å². The highest BCUT2D eigenvalue weighted by atomic mass is 35.5. The van der Waals surface area contributed by atoms with Gasteiger partial charge in [-0.2, -0.15) is 5.10 Å². The summed E-state index contributed by atoms with van der Waals surface area (Å²) in [5, 5.41) is 26.2. The number of halogens is 1. The molecule has 2 rings (SSSR count). The molecule has 1 aliphatic carbocycles. The molecule has 1 atom stereocenters. The highest BCUT2D eigenvalue weighted by molar-refractivity contribution is 6.31. The first-order valence-electron chi connectivity index (χ1n) is 7.66. The van der Waals surface area contributed by atoms with Crippen LogP contribution in [0.3, 0.4) is 0 Å². The number of aliphatic hydroxyl groups excluding tert-OH is 1. The Kier molecular flexibility index (Phi) is 5.10. The standard InChI is InChI=1S/C15H25ClN2O2/c1-3-11-14(16)12(18(4-2)17-11)10-13(19)15(20)8-6-5-7-9-15/h13,19-20H,3-10H2,1-2H3. The topological polar surface area (TPSA) is 58.3 Å². The van der Waals surface area contributed by atoms with Crippen LogP contribution in [0.5, 0.6) is 0 Å². The summed E-state index contributed by atoms with van der Waals surface area (Å²) >= 11 is 6.36. The summed E-state index contributed by atoms with van der Waals surface area (Å²) in [4.78, 5) is 0. The molecule has 5 heteroatoms. The van der Waals surface area contributed by atoms with Gasteiger partial charge in [0.2, 0.25) is 0 Å². The number of hydrogen-bond donors (Lipinski definition) is 2. The van der Waals surface area contributed by atoms with Gasteiger partial charge in [0.05, 0.1) is 28.1 Å². The van der Waals surface area contributed by atoms with Crippen LogP contribution in [0.15, 0.2) is 0 Å². The molecule has 0 radical (unpaired) electrons. The van der Waals surface area contributed by atoms with Gasteiger partial charge >= 0.3 is 0 Å². The lowest BCUT2D eigenvalue weighted by atomic mass is 9.79. The molecule has 1 aliphatic rings. The Labute approximate surface area is 125 Å². The SMILES string of the molecule is CCc1nn(CC)c(CC(O)C2(O)CCCCC2)c1Cl. The molecule has 1 saturated carbocycles.